The summed E-state index contributed by atoms with van der Waals surface area (Å²) >= 11 is 7.09. The molecular weight excluding hydrogens is 256 g/mol. The number of rotatable bonds is 2. The molecule has 1 aliphatic heterocycles. The summed E-state index contributed by atoms with van der Waals surface area (Å²) in [4.78, 5) is 3.95. The molecule has 1 aromatic heterocycles. The molecule has 0 amide bonds. The molecule has 4 nitrogen and oxygen atoms in total. The van der Waals surface area contributed by atoms with Crippen molar-refractivity contribution in [2.75, 3.05) is 13.1 Å². The van der Waals surface area contributed by atoms with E-state index in [4.69, 9.17) is 11.6 Å². The SMILES string of the molecule is Cc1ncc(S(=O)(=O)N2CCC(Cl)C2)s1. The van der Waals surface area contributed by atoms with Gasteiger partial charge in [-0.05, 0) is 13.3 Å². The molecule has 1 unspecified atom stereocenters. The second-order valence-electron chi connectivity index (χ2n) is 3.45. The third kappa shape index (κ3) is 2.18. The van der Waals surface area contributed by atoms with Crippen molar-refractivity contribution in [3.05, 3.63) is 11.2 Å². The molecule has 1 aliphatic rings. The average Bonchev–Trinajstić information content (AvgIpc) is 2.74. The predicted molar refractivity (Wildman–Crippen MR) is 59.9 cm³/mol. The molecule has 0 radical (unpaired) electrons. The molecule has 2 heterocycles. The summed E-state index contributed by atoms with van der Waals surface area (Å²) in [5.74, 6) is 0. The monoisotopic (exact) mass is 266 g/mol. The van der Waals surface area contributed by atoms with Crippen LogP contribution in [0.2, 0.25) is 0 Å². The molecule has 15 heavy (non-hydrogen) atoms. The zero-order chi connectivity index (χ0) is 11.1. The van der Waals surface area contributed by atoms with E-state index in [1.807, 2.05) is 0 Å². The van der Waals surface area contributed by atoms with E-state index < -0.39 is 10.0 Å². The number of hydrogen-bond donors (Lipinski definition) is 0. The van der Waals surface area contributed by atoms with E-state index in [0.29, 0.717) is 17.3 Å². The van der Waals surface area contributed by atoms with Crippen molar-refractivity contribution in [1.82, 2.24) is 9.29 Å². The van der Waals surface area contributed by atoms with E-state index in [2.05, 4.69) is 4.98 Å². The number of alkyl halides is 1. The van der Waals surface area contributed by atoms with Gasteiger partial charge in [0.25, 0.3) is 10.0 Å². The van der Waals surface area contributed by atoms with Crippen LogP contribution in [0.15, 0.2) is 10.4 Å². The van der Waals surface area contributed by atoms with Crippen LogP contribution in [0.4, 0.5) is 0 Å². The Morgan fingerprint density at radius 3 is 2.87 bits per heavy atom. The lowest BCUT2D eigenvalue weighted by atomic mass is 10.4. The number of aromatic nitrogens is 1. The van der Waals surface area contributed by atoms with Crippen molar-refractivity contribution in [1.29, 1.82) is 0 Å². The number of thiazole rings is 1. The maximum absolute atomic E-state index is 12.0. The first kappa shape index (κ1) is 11.3. The minimum absolute atomic E-state index is 0.0613. The highest BCUT2D eigenvalue weighted by atomic mass is 35.5. The largest absolute Gasteiger partial charge is 0.254 e. The van der Waals surface area contributed by atoms with Crippen molar-refractivity contribution in [3.8, 4) is 0 Å². The Kier molecular flexibility index (Phi) is 3.03. The highest BCUT2D eigenvalue weighted by molar-refractivity contribution is 7.91. The Bertz CT molecular complexity index is 457. The maximum Gasteiger partial charge on any atom is 0.254 e. The van der Waals surface area contributed by atoms with Crippen LogP contribution in [0.3, 0.4) is 0 Å². The lowest BCUT2D eigenvalue weighted by molar-refractivity contribution is 0.479. The summed E-state index contributed by atoms with van der Waals surface area (Å²) in [7, 11) is -3.35. The molecule has 0 aliphatic carbocycles. The van der Waals surface area contributed by atoms with Gasteiger partial charge < -0.3 is 0 Å². The molecular formula is C8H11ClN2O2S2. The lowest BCUT2D eigenvalue weighted by Crippen LogP contribution is -2.28. The number of hydrogen-bond acceptors (Lipinski definition) is 4. The van der Waals surface area contributed by atoms with Gasteiger partial charge >= 0.3 is 0 Å². The number of aryl methyl sites for hydroxylation is 1. The third-order valence-electron chi connectivity index (χ3n) is 2.29. The zero-order valence-corrected chi connectivity index (χ0v) is 10.6. The van der Waals surface area contributed by atoms with Crippen LogP contribution in [-0.4, -0.2) is 36.2 Å². The quantitative estimate of drug-likeness (QED) is 0.762. The van der Waals surface area contributed by atoms with Crippen molar-refractivity contribution in [3.63, 3.8) is 0 Å². The first-order valence-electron chi connectivity index (χ1n) is 4.57. The molecule has 0 spiro atoms. The Morgan fingerprint density at radius 1 is 1.67 bits per heavy atom. The molecule has 1 fully saturated rings. The Balaban J connectivity index is 2.27. The normalized spacial score (nSPS) is 23.5. The molecule has 2 rings (SSSR count). The van der Waals surface area contributed by atoms with Gasteiger partial charge in [-0.1, -0.05) is 0 Å². The molecule has 0 N–H and O–H groups in total. The molecule has 0 aromatic carbocycles. The van der Waals surface area contributed by atoms with Gasteiger partial charge in [-0.3, -0.25) is 0 Å². The summed E-state index contributed by atoms with van der Waals surface area (Å²) in [6, 6.07) is 0. The van der Waals surface area contributed by atoms with Gasteiger partial charge in [-0.25, -0.2) is 13.4 Å². The number of halogens is 1. The standard InChI is InChI=1S/C8H11ClN2O2S2/c1-6-10-4-8(14-6)15(12,13)11-3-2-7(9)5-11/h4,7H,2-3,5H2,1H3. The Morgan fingerprint density at radius 2 is 2.40 bits per heavy atom. The van der Waals surface area contributed by atoms with Crippen LogP contribution in [-0.2, 0) is 10.0 Å². The fourth-order valence-electron chi connectivity index (χ4n) is 1.49. The highest BCUT2D eigenvalue weighted by Gasteiger charge is 2.32. The molecule has 1 atom stereocenters. The summed E-state index contributed by atoms with van der Waals surface area (Å²) < 4.78 is 25.8. The van der Waals surface area contributed by atoms with Crippen LogP contribution >= 0.6 is 22.9 Å². The van der Waals surface area contributed by atoms with Crippen molar-refractivity contribution in [2.24, 2.45) is 0 Å². The van der Waals surface area contributed by atoms with Crippen LogP contribution < -0.4 is 0 Å². The number of sulfonamides is 1. The van der Waals surface area contributed by atoms with Gasteiger partial charge in [0, 0.05) is 18.5 Å². The van der Waals surface area contributed by atoms with Crippen molar-refractivity contribution >= 4 is 33.0 Å². The van der Waals surface area contributed by atoms with E-state index in [1.54, 1.807) is 6.92 Å². The minimum atomic E-state index is -3.35. The van der Waals surface area contributed by atoms with E-state index in [-0.39, 0.29) is 5.38 Å². The van der Waals surface area contributed by atoms with Crippen LogP contribution in [0.5, 0.6) is 0 Å². The van der Waals surface area contributed by atoms with E-state index in [1.165, 1.54) is 21.8 Å². The average molecular weight is 267 g/mol. The summed E-state index contributed by atoms with van der Waals surface area (Å²) in [6.07, 6.45) is 2.13. The third-order valence-corrected chi connectivity index (χ3v) is 5.86. The first-order valence-corrected chi connectivity index (χ1v) is 7.26. The van der Waals surface area contributed by atoms with Crippen LogP contribution in [0, 0.1) is 6.92 Å². The Labute approximate surface area is 97.9 Å². The summed E-state index contributed by atoms with van der Waals surface area (Å²) in [6.45, 7) is 2.70. The zero-order valence-electron chi connectivity index (χ0n) is 8.18. The second kappa shape index (κ2) is 4.01. The van der Waals surface area contributed by atoms with Crippen molar-refractivity contribution in [2.45, 2.75) is 22.9 Å². The van der Waals surface area contributed by atoms with E-state index in [9.17, 15) is 8.42 Å². The van der Waals surface area contributed by atoms with Gasteiger partial charge in [-0.2, -0.15) is 4.31 Å². The van der Waals surface area contributed by atoms with E-state index >= 15 is 0 Å². The molecule has 1 saturated heterocycles. The number of nitrogens with zero attached hydrogens (tertiary/aromatic N) is 2. The van der Waals surface area contributed by atoms with Gasteiger partial charge in [0.1, 0.15) is 0 Å². The van der Waals surface area contributed by atoms with Crippen LogP contribution in [0.25, 0.3) is 0 Å². The van der Waals surface area contributed by atoms with Crippen molar-refractivity contribution < 1.29 is 8.42 Å². The lowest BCUT2D eigenvalue weighted by Gasteiger charge is -2.13. The van der Waals surface area contributed by atoms with Gasteiger partial charge in [0.05, 0.1) is 11.2 Å². The Hall–Kier alpha value is -0.170. The predicted octanol–water partition coefficient (Wildman–Crippen LogP) is 1.45. The molecule has 0 bridgehead atoms. The fraction of sp³-hybridized carbons (Fsp3) is 0.625. The topological polar surface area (TPSA) is 50.3 Å². The van der Waals surface area contributed by atoms with E-state index in [0.717, 1.165) is 11.4 Å². The fourth-order valence-corrected chi connectivity index (χ4v) is 4.60. The molecule has 1 aromatic rings. The first-order chi connectivity index (χ1) is 7.00. The van der Waals surface area contributed by atoms with Gasteiger partial charge in [0.2, 0.25) is 0 Å². The van der Waals surface area contributed by atoms with Crippen LogP contribution in [0.1, 0.15) is 11.4 Å². The second-order valence-corrected chi connectivity index (χ2v) is 7.46. The highest BCUT2D eigenvalue weighted by Crippen LogP contribution is 2.26. The van der Waals surface area contributed by atoms with Gasteiger partial charge in [0.15, 0.2) is 4.21 Å². The molecule has 84 valence electrons. The smallest absolute Gasteiger partial charge is 0.249 e. The molecule has 0 saturated carbocycles. The molecule has 7 heteroatoms. The van der Waals surface area contributed by atoms with Gasteiger partial charge in [-0.15, -0.1) is 22.9 Å². The summed E-state index contributed by atoms with van der Waals surface area (Å²) in [5.41, 5.74) is 0. The minimum Gasteiger partial charge on any atom is -0.249 e. The maximum atomic E-state index is 12.0. The summed E-state index contributed by atoms with van der Waals surface area (Å²) in [5, 5.41) is 0.698.